The van der Waals surface area contributed by atoms with Crippen molar-refractivity contribution in [3.05, 3.63) is 21.9 Å². The summed E-state index contributed by atoms with van der Waals surface area (Å²) in [4.78, 5) is 26.9. The molecule has 0 aliphatic carbocycles. The van der Waals surface area contributed by atoms with E-state index in [0.29, 0.717) is 0 Å². The minimum atomic E-state index is -0.766. The maximum atomic E-state index is 11.2. The molecule has 0 amide bonds. The zero-order chi connectivity index (χ0) is 13.8. The molecule has 104 valence electrons. The summed E-state index contributed by atoms with van der Waals surface area (Å²) >= 11 is 1.49. The molecule has 1 aliphatic rings. The second-order valence-corrected chi connectivity index (χ2v) is 5.73. The van der Waals surface area contributed by atoms with Crippen LogP contribution in [0.25, 0.3) is 0 Å². The molecule has 2 rings (SSSR count). The van der Waals surface area contributed by atoms with Gasteiger partial charge in [-0.25, -0.2) is 0 Å². The second kappa shape index (κ2) is 6.27. The van der Waals surface area contributed by atoms with Crippen LogP contribution in [0, 0.1) is 0 Å². The summed E-state index contributed by atoms with van der Waals surface area (Å²) in [6, 6.07) is 1.95. The van der Waals surface area contributed by atoms with Crippen molar-refractivity contribution in [1.29, 1.82) is 0 Å². The topological polar surface area (TPSA) is 60.9 Å². The average molecular weight is 282 g/mol. The molecule has 0 aromatic carbocycles. The molecule has 2 heterocycles. The minimum absolute atomic E-state index is 0.113. The molecule has 0 saturated carbocycles. The van der Waals surface area contributed by atoms with Crippen molar-refractivity contribution in [2.24, 2.45) is 0 Å². The van der Waals surface area contributed by atoms with Crippen LogP contribution in [0.3, 0.4) is 0 Å². The smallest absolute Gasteiger partial charge is 0.317 e. The molecule has 1 fully saturated rings. The van der Waals surface area contributed by atoms with Gasteiger partial charge in [0.25, 0.3) is 0 Å². The fraction of sp³-hybridized carbons (Fsp3) is 0.538. The van der Waals surface area contributed by atoms with Gasteiger partial charge >= 0.3 is 5.97 Å². The van der Waals surface area contributed by atoms with Crippen molar-refractivity contribution in [3.8, 4) is 0 Å². The molecular formula is C13H18N2O3S. The van der Waals surface area contributed by atoms with Crippen molar-refractivity contribution in [2.45, 2.75) is 13.5 Å². The number of carbonyl (C=O) groups is 2. The Labute approximate surface area is 116 Å². The third-order valence-corrected chi connectivity index (χ3v) is 4.31. The van der Waals surface area contributed by atoms with Gasteiger partial charge in [-0.15, -0.1) is 11.3 Å². The Hall–Kier alpha value is -1.24. The molecule has 6 heteroatoms. The second-order valence-electron chi connectivity index (χ2n) is 4.82. The summed E-state index contributed by atoms with van der Waals surface area (Å²) in [6.07, 6.45) is 0. The number of hydrogen-bond donors (Lipinski definition) is 1. The third kappa shape index (κ3) is 4.12. The molecule has 1 aromatic heterocycles. The standard InChI is InChI=1S/C13H18N2O3S/c1-10(16)12-6-11(9-19-12)7-14-2-4-15(5-3-14)8-13(17)18/h6,9H,2-5,7-8H2,1H3,(H,17,18). The summed E-state index contributed by atoms with van der Waals surface area (Å²) in [5, 5.41) is 10.8. The van der Waals surface area contributed by atoms with Crippen molar-refractivity contribution < 1.29 is 14.7 Å². The Balaban J connectivity index is 1.81. The maximum Gasteiger partial charge on any atom is 0.317 e. The van der Waals surface area contributed by atoms with Gasteiger partial charge < -0.3 is 5.11 Å². The van der Waals surface area contributed by atoms with E-state index in [0.717, 1.165) is 37.6 Å². The fourth-order valence-corrected chi connectivity index (χ4v) is 3.00. The van der Waals surface area contributed by atoms with Crippen LogP contribution in [0.4, 0.5) is 0 Å². The molecule has 5 nitrogen and oxygen atoms in total. The first-order chi connectivity index (χ1) is 9.04. The van der Waals surface area contributed by atoms with E-state index in [9.17, 15) is 9.59 Å². The van der Waals surface area contributed by atoms with Gasteiger partial charge in [0, 0.05) is 32.7 Å². The number of thiophene rings is 1. The van der Waals surface area contributed by atoms with Crippen molar-refractivity contribution >= 4 is 23.1 Å². The first kappa shape index (κ1) is 14.2. The van der Waals surface area contributed by atoms with Crippen molar-refractivity contribution in [1.82, 2.24) is 9.80 Å². The average Bonchev–Trinajstić information content (AvgIpc) is 2.80. The maximum absolute atomic E-state index is 11.2. The molecule has 19 heavy (non-hydrogen) atoms. The van der Waals surface area contributed by atoms with Crippen molar-refractivity contribution in [2.75, 3.05) is 32.7 Å². The predicted octanol–water partition coefficient (Wildman–Crippen LogP) is 1.15. The van der Waals surface area contributed by atoms with E-state index in [1.54, 1.807) is 6.92 Å². The SMILES string of the molecule is CC(=O)c1cc(CN2CCN(CC(=O)O)CC2)cs1. The summed E-state index contributed by atoms with van der Waals surface area (Å²) in [7, 11) is 0. The highest BCUT2D eigenvalue weighted by Gasteiger charge is 2.19. The van der Waals surface area contributed by atoms with Gasteiger partial charge in [0.15, 0.2) is 5.78 Å². The van der Waals surface area contributed by atoms with Gasteiger partial charge in [-0.05, 0) is 23.9 Å². The van der Waals surface area contributed by atoms with Crippen LogP contribution in [0.1, 0.15) is 22.2 Å². The number of piperazine rings is 1. The Morgan fingerprint density at radius 1 is 1.26 bits per heavy atom. The third-order valence-electron chi connectivity index (χ3n) is 3.23. The molecule has 0 radical (unpaired) electrons. The number of aliphatic carboxylic acids is 1. The van der Waals surface area contributed by atoms with Crippen LogP contribution in [0.2, 0.25) is 0 Å². The van der Waals surface area contributed by atoms with E-state index >= 15 is 0 Å². The fourth-order valence-electron chi connectivity index (χ4n) is 2.20. The summed E-state index contributed by atoms with van der Waals surface area (Å²) < 4.78 is 0. The highest BCUT2D eigenvalue weighted by Crippen LogP contribution is 2.17. The molecule has 0 spiro atoms. The first-order valence-electron chi connectivity index (χ1n) is 6.29. The summed E-state index contributed by atoms with van der Waals surface area (Å²) in [5.41, 5.74) is 1.17. The van der Waals surface area contributed by atoms with Crippen LogP contribution in [-0.2, 0) is 11.3 Å². The molecule has 1 aliphatic heterocycles. The van der Waals surface area contributed by atoms with E-state index in [1.165, 1.54) is 16.9 Å². The van der Waals surface area contributed by atoms with Gasteiger partial charge in [0.1, 0.15) is 0 Å². The summed E-state index contributed by atoms with van der Waals surface area (Å²) in [5.74, 6) is -0.653. The lowest BCUT2D eigenvalue weighted by Gasteiger charge is -2.33. The molecule has 0 unspecified atom stereocenters. The van der Waals surface area contributed by atoms with Crippen LogP contribution in [-0.4, -0.2) is 59.4 Å². The normalized spacial score (nSPS) is 17.5. The number of Topliss-reactive ketones (excluding diaryl/α,β-unsaturated/α-hetero) is 1. The van der Waals surface area contributed by atoms with E-state index < -0.39 is 5.97 Å². The van der Waals surface area contributed by atoms with E-state index in [4.69, 9.17) is 5.11 Å². The number of carbonyl (C=O) groups excluding carboxylic acids is 1. The molecule has 1 aromatic rings. The van der Waals surface area contributed by atoms with Gasteiger partial charge in [-0.2, -0.15) is 0 Å². The Bertz CT molecular complexity index is 464. The zero-order valence-corrected chi connectivity index (χ0v) is 11.8. The number of carboxylic acids is 1. The number of rotatable bonds is 5. The number of ketones is 1. The molecule has 0 bridgehead atoms. The zero-order valence-electron chi connectivity index (χ0n) is 11.0. The predicted molar refractivity (Wildman–Crippen MR) is 73.7 cm³/mol. The van der Waals surface area contributed by atoms with Crippen LogP contribution < -0.4 is 0 Å². The summed E-state index contributed by atoms with van der Waals surface area (Å²) in [6.45, 7) is 5.87. The highest BCUT2D eigenvalue weighted by molar-refractivity contribution is 7.12. The van der Waals surface area contributed by atoms with Crippen LogP contribution >= 0.6 is 11.3 Å². The van der Waals surface area contributed by atoms with Gasteiger partial charge in [0.05, 0.1) is 11.4 Å². The van der Waals surface area contributed by atoms with E-state index in [1.807, 2.05) is 16.3 Å². The monoisotopic (exact) mass is 282 g/mol. The van der Waals surface area contributed by atoms with Crippen molar-refractivity contribution in [3.63, 3.8) is 0 Å². The Kier molecular flexibility index (Phi) is 4.68. The van der Waals surface area contributed by atoms with Gasteiger partial charge in [-0.1, -0.05) is 0 Å². The van der Waals surface area contributed by atoms with Gasteiger partial charge in [0.2, 0.25) is 0 Å². The molecule has 1 N–H and O–H groups in total. The highest BCUT2D eigenvalue weighted by atomic mass is 32.1. The Morgan fingerprint density at radius 2 is 1.89 bits per heavy atom. The minimum Gasteiger partial charge on any atom is -0.480 e. The number of hydrogen-bond acceptors (Lipinski definition) is 5. The lowest BCUT2D eigenvalue weighted by atomic mass is 10.2. The molecular weight excluding hydrogens is 264 g/mol. The first-order valence-corrected chi connectivity index (χ1v) is 7.17. The number of carboxylic acid groups (broad SMARTS) is 1. The quantitative estimate of drug-likeness (QED) is 0.821. The van der Waals surface area contributed by atoms with E-state index in [-0.39, 0.29) is 12.3 Å². The van der Waals surface area contributed by atoms with Crippen LogP contribution in [0.15, 0.2) is 11.4 Å². The largest absolute Gasteiger partial charge is 0.480 e. The Morgan fingerprint density at radius 3 is 2.42 bits per heavy atom. The van der Waals surface area contributed by atoms with Gasteiger partial charge in [-0.3, -0.25) is 19.4 Å². The molecule has 0 atom stereocenters. The number of nitrogens with zero attached hydrogens (tertiary/aromatic N) is 2. The van der Waals surface area contributed by atoms with E-state index in [2.05, 4.69) is 4.90 Å². The lowest BCUT2D eigenvalue weighted by Crippen LogP contribution is -2.47. The lowest BCUT2D eigenvalue weighted by molar-refractivity contribution is -0.138. The molecule has 1 saturated heterocycles. The van der Waals surface area contributed by atoms with Crippen LogP contribution in [0.5, 0.6) is 0 Å².